The number of nitrogens with one attached hydrogen (secondary N) is 2. The van der Waals surface area contributed by atoms with Crippen LogP contribution in [0.25, 0.3) is 0 Å². The highest BCUT2D eigenvalue weighted by molar-refractivity contribution is 5.90. The molecule has 0 radical (unpaired) electrons. The van der Waals surface area contributed by atoms with E-state index in [9.17, 15) is 0 Å². The standard InChI is InChI=1S/C21H37N3/c1-3-5-6-7-8-9-10-11-12-13-14-15-19(4-2)18-24-21(16-17-21)20(22)23/h4,13-15,24H,2-3,5-12,16-18H2,1H3,(H3,22,23)/b14-13+,19-15+. The number of amidine groups is 1. The summed E-state index contributed by atoms with van der Waals surface area (Å²) in [6.07, 6.45) is 22.4. The molecule has 1 rings (SSSR count). The Morgan fingerprint density at radius 1 is 1.12 bits per heavy atom. The van der Waals surface area contributed by atoms with E-state index in [1.807, 2.05) is 6.08 Å². The number of allylic oxidation sites excluding steroid dienone is 3. The number of unbranched alkanes of at least 4 members (excludes halogenated alkanes) is 8. The van der Waals surface area contributed by atoms with E-state index in [-0.39, 0.29) is 11.4 Å². The Balaban J connectivity index is 2.09. The minimum Gasteiger partial charge on any atom is -0.386 e. The smallest absolute Gasteiger partial charge is 0.111 e. The fourth-order valence-corrected chi connectivity index (χ4v) is 2.82. The van der Waals surface area contributed by atoms with Gasteiger partial charge in [0.15, 0.2) is 0 Å². The van der Waals surface area contributed by atoms with E-state index in [0.29, 0.717) is 0 Å². The van der Waals surface area contributed by atoms with Gasteiger partial charge in [-0.2, -0.15) is 0 Å². The van der Waals surface area contributed by atoms with Crippen LogP contribution < -0.4 is 11.1 Å². The zero-order valence-corrected chi connectivity index (χ0v) is 15.6. The molecule has 0 atom stereocenters. The lowest BCUT2D eigenvalue weighted by Gasteiger charge is -2.15. The van der Waals surface area contributed by atoms with Crippen molar-refractivity contribution in [1.29, 1.82) is 5.41 Å². The van der Waals surface area contributed by atoms with Gasteiger partial charge >= 0.3 is 0 Å². The van der Waals surface area contributed by atoms with Crippen LogP contribution in [-0.2, 0) is 0 Å². The number of rotatable bonds is 15. The van der Waals surface area contributed by atoms with Crippen LogP contribution in [0.5, 0.6) is 0 Å². The van der Waals surface area contributed by atoms with Gasteiger partial charge in [0.1, 0.15) is 5.84 Å². The third kappa shape index (κ3) is 8.49. The Morgan fingerprint density at radius 3 is 2.29 bits per heavy atom. The molecule has 0 aromatic heterocycles. The highest BCUT2D eigenvalue weighted by Gasteiger charge is 2.45. The molecule has 0 aromatic carbocycles. The van der Waals surface area contributed by atoms with Crippen LogP contribution in [0.4, 0.5) is 0 Å². The summed E-state index contributed by atoms with van der Waals surface area (Å²) >= 11 is 0. The van der Waals surface area contributed by atoms with Crippen molar-refractivity contribution in [3.8, 4) is 0 Å². The second-order valence-corrected chi connectivity index (χ2v) is 6.99. The molecule has 136 valence electrons. The summed E-state index contributed by atoms with van der Waals surface area (Å²) in [6, 6.07) is 0. The molecule has 0 aromatic rings. The summed E-state index contributed by atoms with van der Waals surface area (Å²) in [4.78, 5) is 0. The Labute approximate surface area is 149 Å². The second-order valence-electron chi connectivity index (χ2n) is 6.99. The maximum atomic E-state index is 7.61. The highest BCUT2D eigenvalue weighted by atomic mass is 15.1. The first-order chi connectivity index (χ1) is 11.6. The van der Waals surface area contributed by atoms with Crippen LogP contribution in [0.1, 0.15) is 77.6 Å². The monoisotopic (exact) mass is 331 g/mol. The van der Waals surface area contributed by atoms with E-state index in [2.05, 4.69) is 37.0 Å². The zero-order chi connectivity index (χ0) is 17.7. The van der Waals surface area contributed by atoms with Gasteiger partial charge in [0.25, 0.3) is 0 Å². The van der Waals surface area contributed by atoms with Gasteiger partial charge in [0.2, 0.25) is 0 Å². The van der Waals surface area contributed by atoms with Crippen molar-refractivity contribution in [2.45, 2.75) is 83.1 Å². The molecule has 1 fully saturated rings. The van der Waals surface area contributed by atoms with Crippen molar-refractivity contribution in [2.75, 3.05) is 6.54 Å². The molecule has 0 saturated heterocycles. The molecule has 0 spiro atoms. The Morgan fingerprint density at radius 2 is 1.75 bits per heavy atom. The lowest BCUT2D eigenvalue weighted by Crippen LogP contribution is -2.43. The highest BCUT2D eigenvalue weighted by Crippen LogP contribution is 2.35. The minimum atomic E-state index is -0.233. The van der Waals surface area contributed by atoms with Crippen LogP contribution in [0.15, 0.2) is 36.5 Å². The molecule has 0 heterocycles. The topological polar surface area (TPSA) is 61.9 Å². The predicted molar refractivity (Wildman–Crippen MR) is 107 cm³/mol. The molecule has 0 aliphatic heterocycles. The number of hydrogen-bond donors (Lipinski definition) is 3. The molecule has 1 aliphatic carbocycles. The maximum absolute atomic E-state index is 7.61. The summed E-state index contributed by atoms with van der Waals surface area (Å²) in [6.45, 7) is 6.86. The fraction of sp³-hybridized carbons (Fsp3) is 0.667. The van der Waals surface area contributed by atoms with Crippen molar-refractivity contribution >= 4 is 5.84 Å². The van der Waals surface area contributed by atoms with Gasteiger partial charge in [0, 0.05) is 6.54 Å². The van der Waals surface area contributed by atoms with Crippen molar-refractivity contribution in [2.24, 2.45) is 5.73 Å². The van der Waals surface area contributed by atoms with Gasteiger partial charge < -0.3 is 11.1 Å². The van der Waals surface area contributed by atoms with E-state index < -0.39 is 0 Å². The van der Waals surface area contributed by atoms with E-state index in [1.54, 1.807) is 0 Å². The molecular weight excluding hydrogens is 294 g/mol. The number of nitrogens with two attached hydrogens (primary N) is 1. The fourth-order valence-electron chi connectivity index (χ4n) is 2.82. The molecule has 0 amide bonds. The quantitative estimate of drug-likeness (QED) is 0.166. The van der Waals surface area contributed by atoms with Crippen LogP contribution in [0.3, 0.4) is 0 Å². The first-order valence-electron chi connectivity index (χ1n) is 9.72. The Bertz CT molecular complexity index is 430. The zero-order valence-electron chi connectivity index (χ0n) is 15.6. The molecular formula is C21H37N3. The van der Waals surface area contributed by atoms with E-state index >= 15 is 0 Å². The van der Waals surface area contributed by atoms with Gasteiger partial charge in [-0.1, -0.05) is 82.8 Å². The summed E-state index contributed by atoms with van der Waals surface area (Å²) < 4.78 is 0. The summed E-state index contributed by atoms with van der Waals surface area (Å²) in [5, 5.41) is 11.0. The normalized spacial score (nSPS) is 16.5. The lowest BCUT2D eigenvalue weighted by molar-refractivity contribution is 0.577. The van der Waals surface area contributed by atoms with Crippen LogP contribution in [0.2, 0.25) is 0 Å². The van der Waals surface area contributed by atoms with Gasteiger partial charge in [-0.25, -0.2) is 0 Å². The van der Waals surface area contributed by atoms with Crippen LogP contribution in [-0.4, -0.2) is 17.9 Å². The first-order valence-corrected chi connectivity index (χ1v) is 9.72. The van der Waals surface area contributed by atoms with Crippen molar-refractivity contribution in [3.63, 3.8) is 0 Å². The first kappa shape index (κ1) is 20.7. The van der Waals surface area contributed by atoms with Gasteiger partial charge in [-0.3, -0.25) is 5.41 Å². The average molecular weight is 332 g/mol. The molecule has 0 unspecified atom stereocenters. The van der Waals surface area contributed by atoms with Gasteiger partial charge in [0.05, 0.1) is 5.54 Å². The molecule has 4 N–H and O–H groups in total. The Kier molecular flexibility index (Phi) is 10.4. The SMILES string of the molecule is C=C/C(=C\C=C\CCCCCCCCCC)CNC1(C(=N)N)CC1. The summed E-state index contributed by atoms with van der Waals surface area (Å²) in [7, 11) is 0. The summed E-state index contributed by atoms with van der Waals surface area (Å²) in [5.74, 6) is 0.260. The van der Waals surface area contributed by atoms with Crippen molar-refractivity contribution in [3.05, 3.63) is 36.5 Å². The third-order valence-electron chi connectivity index (χ3n) is 4.83. The number of hydrogen-bond acceptors (Lipinski definition) is 2. The predicted octanol–water partition coefficient (Wildman–Crippen LogP) is 5.24. The van der Waals surface area contributed by atoms with Gasteiger partial charge in [-0.15, -0.1) is 0 Å². The average Bonchev–Trinajstić information content (AvgIpc) is 3.36. The molecule has 3 heteroatoms. The molecule has 1 saturated carbocycles. The Hall–Kier alpha value is -1.35. The molecule has 1 aliphatic rings. The van der Waals surface area contributed by atoms with Crippen molar-refractivity contribution in [1.82, 2.24) is 5.32 Å². The van der Waals surface area contributed by atoms with Crippen LogP contribution in [0, 0.1) is 5.41 Å². The second kappa shape index (κ2) is 12.1. The van der Waals surface area contributed by atoms with E-state index in [1.165, 1.54) is 51.4 Å². The molecule has 24 heavy (non-hydrogen) atoms. The van der Waals surface area contributed by atoms with Crippen molar-refractivity contribution < 1.29 is 0 Å². The molecule has 0 bridgehead atoms. The van der Waals surface area contributed by atoms with Gasteiger partial charge in [-0.05, 0) is 31.3 Å². The summed E-state index contributed by atoms with van der Waals surface area (Å²) in [5.41, 5.74) is 6.55. The van der Waals surface area contributed by atoms with Crippen LogP contribution >= 0.6 is 0 Å². The lowest BCUT2D eigenvalue weighted by atomic mass is 10.1. The van der Waals surface area contributed by atoms with E-state index in [4.69, 9.17) is 11.1 Å². The largest absolute Gasteiger partial charge is 0.386 e. The maximum Gasteiger partial charge on any atom is 0.111 e. The van der Waals surface area contributed by atoms with E-state index in [0.717, 1.165) is 31.4 Å². The minimum absolute atomic E-state index is 0.233. The third-order valence-corrected chi connectivity index (χ3v) is 4.83. The molecule has 3 nitrogen and oxygen atoms in total.